The van der Waals surface area contributed by atoms with E-state index in [2.05, 4.69) is 21.0 Å². The highest BCUT2D eigenvalue weighted by atomic mass is 16.3. The first-order valence-electron chi connectivity index (χ1n) is 9.96. The monoisotopic (exact) mass is 410 g/mol. The molecule has 4 aromatic rings. The summed E-state index contributed by atoms with van der Waals surface area (Å²) >= 11 is 0. The van der Waals surface area contributed by atoms with Crippen LogP contribution in [0.4, 0.5) is 5.82 Å². The van der Waals surface area contributed by atoms with Gasteiger partial charge in [0, 0.05) is 36.7 Å². The van der Waals surface area contributed by atoms with Gasteiger partial charge in [0.15, 0.2) is 0 Å². The van der Waals surface area contributed by atoms with Crippen molar-refractivity contribution in [1.82, 2.24) is 19.5 Å². The molecule has 0 saturated carbocycles. The highest BCUT2D eigenvalue weighted by Crippen LogP contribution is 2.38. The lowest BCUT2D eigenvalue weighted by Crippen LogP contribution is -2.04. The molecule has 0 radical (unpaired) electrons. The second-order valence-electron chi connectivity index (χ2n) is 7.22. The summed E-state index contributed by atoms with van der Waals surface area (Å²) in [6.07, 6.45) is 7.15. The normalized spacial score (nSPS) is 11.6. The molecule has 0 unspecified atom stereocenters. The van der Waals surface area contributed by atoms with Crippen molar-refractivity contribution in [3.05, 3.63) is 71.9 Å². The van der Waals surface area contributed by atoms with Crippen molar-refractivity contribution in [3.63, 3.8) is 0 Å². The molecule has 3 aromatic heterocycles. The van der Waals surface area contributed by atoms with Crippen LogP contribution in [-0.4, -0.2) is 31.2 Å². The Labute approximate surface area is 180 Å². The van der Waals surface area contributed by atoms with Gasteiger partial charge in [-0.05, 0) is 31.1 Å². The first kappa shape index (κ1) is 20.3. The van der Waals surface area contributed by atoms with E-state index in [0.717, 1.165) is 33.3 Å². The molecular weight excluding hydrogens is 388 g/mol. The number of hydrogen-bond donors (Lipinski definition) is 2. The molecule has 0 fully saturated rings. The highest BCUT2D eigenvalue weighted by molar-refractivity contribution is 6.06. The molecule has 0 amide bonds. The maximum atomic E-state index is 9.89. The van der Waals surface area contributed by atoms with Crippen LogP contribution < -0.4 is 5.73 Å². The van der Waals surface area contributed by atoms with Crippen molar-refractivity contribution < 1.29 is 5.11 Å². The topological polar surface area (TPSA) is 114 Å². The number of allylic oxidation sites excluding steroid dienone is 1. The molecule has 0 bridgehead atoms. The van der Waals surface area contributed by atoms with Crippen molar-refractivity contribution in [2.45, 2.75) is 19.9 Å². The summed E-state index contributed by atoms with van der Waals surface area (Å²) < 4.78 is 1.99. The zero-order chi connectivity index (χ0) is 21.8. The molecule has 7 nitrogen and oxygen atoms in total. The minimum atomic E-state index is 0.0387. The molecule has 3 N–H and O–H groups in total. The van der Waals surface area contributed by atoms with Gasteiger partial charge < -0.3 is 15.4 Å². The number of nitriles is 1. The third-order valence-electron chi connectivity index (χ3n) is 5.16. The molecule has 0 spiro atoms. The van der Waals surface area contributed by atoms with E-state index < -0.39 is 0 Å². The fourth-order valence-corrected chi connectivity index (χ4v) is 3.67. The van der Waals surface area contributed by atoms with Gasteiger partial charge in [0.25, 0.3) is 0 Å². The average molecular weight is 410 g/mol. The largest absolute Gasteiger partial charge is 0.396 e. The van der Waals surface area contributed by atoms with E-state index in [4.69, 9.17) is 5.73 Å². The number of anilines is 1. The summed E-state index contributed by atoms with van der Waals surface area (Å²) in [5, 5.41) is 20.1. The Kier molecular flexibility index (Phi) is 5.74. The molecule has 0 aliphatic heterocycles. The minimum Gasteiger partial charge on any atom is -0.396 e. The van der Waals surface area contributed by atoms with Crippen LogP contribution in [0.25, 0.3) is 33.8 Å². The number of nitrogen functional groups attached to an aromatic ring is 1. The van der Waals surface area contributed by atoms with Crippen LogP contribution in [0.3, 0.4) is 0 Å². The van der Waals surface area contributed by atoms with Crippen molar-refractivity contribution >= 4 is 28.5 Å². The molecule has 0 aliphatic rings. The number of benzene rings is 1. The van der Waals surface area contributed by atoms with Crippen LogP contribution in [0.2, 0.25) is 0 Å². The van der Waals surface area contributed by atoms with E-state index in [1.54, 1.807) is 18.5 Å². The Hall–Kier alpha value is -4.02. The summed E-state index contributed by atoms with van der Waals surface area (Å²) in [6, 6.07) is 14.1. The van der Waals surface area contributed by atoms with E-state index in [-0.39, 0.29) is 6.61 Å². The third kappa shape index (κ3) is 3.89. The van der Waals surface area contributed by atoms with Gasteiger partial charge in [0.05, 0.1) is 22.7 Å². The molecule has 0 atom stereocenters. The van der Waals surface area contributed by atoms with Gasteiger partial charge in [-0.15, -0.1) is 0 Å². The molecule has 154 valence electrons. The smallest absolute Gasteiger partial charge is 0.146 e. The Morgan fingerprint density at radius 2 is 2.03 bits per heavy atom. The van der Waals surface area contributed by atoms with Gasteiger partial charge in [-0.1, -0.05) is 35.9 Å². The molecule has 7 heteroatoms. The minimum absolute atomic E-state index is 0.0387. The maximum Gasteiger partial charge on any atom is 0.146 e. The maximum absolute atomic E-state index is 9.89. The second kappa shape index (κ2) is 8.78. The van der Waals surface area contributed by atoms with E-state index in [1.807, 2.05) is 47.9 Å². The number of pyridine rings is 1. The molecular formula is C24H22N6O. The van der Waals surface area contributed by atoms with E-state index in [0.29, 0.717) is 30.0 Å². The number of nitrogens with two attached hydrogens (primary N) is 1. The summed E-state index contributed by atoms with van der Waals surface area (Å²) in [7, 11) is 0. The summed E-state index contributed by atoms with van der Waals surface area (Å²) in [5.41, 5.74) is 11.9. The molecule has 4 rings (SSSR count). The highest BCUT2D eigenvalue weighted by Gasteiger charge is 2.21. The lowest BCUT2D eigenvalue weighted by molar-refractivity contribution is 0.280. The number of fused-ring (bicyclic) bond motifs is 1. The van der Waals surface area contributed by atoms with Gasteiger partial charge in [0.2, 0.25) is 0 Å². The fraction of sp³-hybridized carbons (Fsp3) is 0.167. The van der Waals surface area contributed by atoms with Crippen LogP contribution in [0.15, 0.2) is 55.1 Å². The number of nitrogens with zero attached hydrogens (tertiary/aromatic N) is 5. The first-order valence-corrected chi connectivity index (χ1v) is 9.96. The predicted molar refractivity (Wildman–Crippen MR) is 122 cm³/mol. The van der Waals surface area contributed by atoms with Gasteiger partial charge in [-0.2, -0.15) is 5.26 Å². The Balaban J connectivity index is 2.07. The van der Waals surface area contributed by atoms with Crippen molar-refractivity contribution in [3.8, 4) is 17.2 Å². The van der Waals surface area contributed by atoms with Gasteiger partial charge in [-0.25, -0.2) is 9.97 Å². The van der Waals surface area contributed by atoms with Crippen molar-refractivity contribution in [2.24, 2.45) is 0 Å². The summed E-state index contributed by atoms with van der Waals surface area (Å²) in [6.45, 7) is 2.59. The van der Waals surface area contributed by atoms with Crippen LogP contribution in [0, 0.1) is 18.3 Å². The Morgan fingerprint density at radius 3 is 2.71 bits per heavy atom. The average Bonchev–Trinajstić information content (AvgIpc) is 3.11. The van der Waals surface area contributed by atoms with Crippen LogP contribution in [0.5, 0.6) is 0 Å². The number of aryl methyl sites for hydroxylation is 2. The lowest BCUT2D eigenvalue weighted by atomic mass is 9.99. The van der Waals surface area contributed by atoms with E-state index in [1.165, 1.54) is 6.33 Å². The molecule has 0 saturated heterocycles. The quantitative estimate of drug-likeness (QED) is 0.467. The van der Waals surface area contributed by atoms with Gasteiger partial charge >= 0.3 is 0 Å². The fourth-order valence-electron chi connectivity index (χ4n) is 3.67. The summed E-state index contributed by atoms with van der Waals surface area (Å²) in [4.78, 5) is 12.8. The SMILES string of the molecule is Cc1ccc(-c2c(/C=C(/C#N)c3cccnc3)n(CCCO)c3ncnc(N)c23)cc1. The van der Waals surface area contributed by atoms with Gasteiger partial charge in [0.1, 0.15) is 17.8 Å². The number of aromatic nitrogens is 4. The number of rotatable bonds is 6. The summed E-state index contributed by atoms with van der Waals surface area (Å²) in [5.74, 6) is 0.373. The van der Waals surface area contributed by atoms with Crippen molar-refractivity contribution in [2.75, 3.05) is 12.3 Å². The standard InChI is InChI=1S/C24H22N6O/c1-16-5-7-17(8-6-16)21-20(12-19(13-25)18-4-2-9-27-14-18)30(10-3-11-31)24-22(21)23(26)28-15-29-24/h2,4-9,12,14-15,31H,3,10-11H2,1H3,(H2,26,28,29)/b19-12-. The first-order chi connectivity index (χ1) is 15.1. The third-order valence-corrected chi connectivity index (χ3v) is 5.16. The van der Waals surface area contributed by atoms with Gasteiger partial charge in [-0.3, -0.25) is 4.98 Å². The Morgan fingerprint density at radius 1 is 1.23 bits per heavy atom. The van der Waals surface area contributed by atoms with E-state index in [9.17, 15) is 10.4 Å². The second-order valence-corrected chi connectivity index (χ2v) is 7.22. The van der Waals surface area contributed by atoms with Crippen LogP contribution in [-0.2, 0) is 6.54 Å². The zero-order valence-corrected chi connectivity index (χ0v) is 17.2. The lowest BCUT2D eigenvalue weighted by Gasteiger charge is -2.10. The van der Waals surface area contributed by atoms with Crippen LogP contribution in [0.1, 0.15) is 23.2 Å². The molecule has 0 aliphatic carbocycles. The zero-order valence-electron chi connectivity index (χ0n) is 17.2. The number of aliphatic hydroxyl groups is 1. The predicted octanol–water partition coefficient (Wildman–Crippen LogP) is 3.83. The Bertz CT molecular complexity index is 1280. The molecule has 3 heterocycles. The van der Waals surface area contributed by atoms with E-state index >= 15 is 0 Å². The molecule has 31 heavy (non-hydrogen) atoms. The van der Waals surface area contributed by atoms with Crippen LogP contribution >= 0.6 is 0 Å². The molecule has 1 aromatic carbocycles. The van der Waals surface area contributed by atoms with Crippen molar-refractivity contribution in [1.29, 1.82) is 5.26 Å². The number of aliphatic hydroxyl groups excluding tert-OH is 1. The number of hydrogen-bond acceptors (Lipinski definition) is 6.